The lowest BCUT2D eigenvalue weighted by Gasteiger charge is -2.26. The van der Waals surface area contributed by atoms with Gasteiger partial charge in [0.2, 0.25) is 17.2 Å². The number of nitrogens with one attached hydrogen (secondary N) is 2. The van der Waals surface area contributed by atoms with Crippen LogP contribution in [0.1, 0.15) is 22.0 Å². The molecule has 1 unspecified atom stereocenters. The van der Waals surface area contributed by atoms with Crippen LogP contribution in [0.15, 0.2) is 59.5 Å². The van der Waals surface area contributed by atoms with Crippen molar-refractivity contribution in [2.75, 3.05) is 13.6 Å². The summed E-state index contributed by atoms with van der Waals surface area (Å²) >= 11 is 0. The van der Waals surface area contributed by atoms with Crippen LogP contribution in [-0.4, -0.2) is 41.2 Å². The maximum atomic E-state index is 13.5. The van der Waals surface area contributed by atoms with E-state index in [1.807, 2.05) is 0 Å². The fraction of sp³-hybridized carbons (Fsp3) is 0.143. The van der Waals surface area contributed by atoms with Crippen LogP contribution < -0.4 is 16.5 Å². The molecule has 0 aliphatic rings. The van der Waals surface area contributed by atoms with Gasteiger partial charge in [-0.3, -0.25) is 19.2 Å². The molecule has 0 bridgehead atoms. The number of benzene rings is 2. The molecule has 3 amide bonds. The van der Waals surface area contributed by atoms with Gasteiger partial charge in [-0.25, -0.2) is 4.39 Å². The van der Waals surface area contributed by atoms with E-state index in [1.54, 1.807) is 24.3 Å². The SMILES string of the molecule is CN(C(=O)CNC(=O)c1c[nH]c2ccccc2c1=O)C(C(N)=O)c1cccc(F)c1. The maximum Gasteiger partial charge on any atom is 0.257 e. The van der Waals surface area contributed by atoms with E-state index in [-0.39, 0.29) is 11.1 Å². The highest BCUT2D eigenvalue weighted by molar-refractivity contribution is 5.99. The van der Waals surface area contributed by atoms with E-state index in [0.29, 0.717) is 10.9 Å². The first-order chi connectivity index (χ1) is 14.3. The van der Waals surface area contributed by atoms with Gasteiger partial charge in [-0.2, -0.15) is 0 Å². The van der Waals surface area contributed by atoms with Gasteiger partial charge < -0.3 is 20.9 Å². The Labute approximate surface area is 170 Å². The molecule has 0 radical (unpaired) electrons. The number of hydrogen-bond donors (Lipinski definition) is 3. The van der Waals surface area contributed by atoms with E-state index in [0.717, 1.165) is 11.0 Å². The van der Waals surface area contributed by atoms with Gasteiger partial charge in [0.1, 0.15) is 17.4 Å². The number of nitrogens with two attached hydrogens (primary N) is 1. The number of H-pyrrole nitrogens is 1. The molecule has 0 aliphatic heterocycles. The molecular weight excluding hydrogens is 391 g/mol. The minimum atomic E-state index is -1.21. The van der Waals surface area contributed by atoms with Gasteiger partial charge in [-0.05, 0) is 29.8 Å². The van der Waals surface area contributed by atoms with Crippen LogP contribution in [0, 0.1) is 5.82 Å². The second-order valence-electron chi connectivity index (χ2n) is 6.62. The summed E-state index contributed by atoms with van der Waals surface area (Å²) in [7, 11) is 1.32. The van der Waals surface area contributed by atoms with E-state index in [2.05, 4.69) is 10.3 Å². The molecule has 0 spiro atoms. The quantitative estimate of drug-likeness (QED) is 0.562. The number of halogens is 1. The summed E-state index contributed by atoms with van der Waals surface area (Å²) < 4.78 is 13.5. The fourth-order valence-electron chi connectivity index (χ4n) is 3.11. The van der Waals surface area contributed by atoms with Crippen LogP contribution in [-0.2, 0) is 9.59 Å². The first kappa shape index (κ1) is 20.7. The molecule has 154 valence electrons. The van der Waals surface area contributed by atoms with E-state index >= 15 is 0 Å². The average molecular weight is 410 g/mol. The number of aromatic amines is 1. The Bertz CT molecular complexity index is 1190. The van der Waals surface area contributed by atoms with Gasteiger partial charge in [-0.15, -0.1) is 0 Å². The van der Waals surface area contributed by atoms with Gasteiger partial charge in [0.05, 0.1) is 6.54 Å². The fourth-order valence-corrected chi connectivity index (χ4v) is 3.11. The molecule has 3 aromatic rings. The zero-order valence-corrected chi connectivity index (χ0v) is 16.0. The summed E-state index contributed by atoms with van der Waals surface area (Å²) in [5.74, 6) is -2.82. The molecule has 30 heavy (non-hydrogen) atoms. The number of aromatic nitrogens is 1. The Balaban J connectivity index is 1.74. The van der Waals surface area contributed by atoms with Gasteiger partial charge in [0, 0.05) is 24.1 Å². The van der Waals surface area contributed by atoms with Crippen LogP contribution >= 0.6 is 0 Å². The number of amides is 3. The highest BCUT2D eigenvalue weighted by Gasteiger charge is 2.27. The normalized spacial score (nSPS) is 11.7. The Morgan fingerprint density at radius 2 is 1.90 bits per heavy atom. The average Bonchev–Trinajstić information content (AvgIpc) is 2.72. The van der Waals surface area contributed by atoms with Crippen molar-refractivity contribution in [3.63, 3.8) is 0 Å². The number of carbonyl (C=O) groups excluding carboxylic acids is 3. The Morgan fingerprint density at radius 1 is 1.17 bits per heavy atom. The largest absolute Gasteiger partial charge is 0.368 e. The zero-order valence-electron chi connectivity index (χ0n) is 16.0. The van der Waals surface area contributed by atoms with Gasteiger partial charge >= 0.3 is 0 Å². The van der Waals surface area contributed by atoms with Gasteiger partial charge in [-0.1, -0.05) is 24.3 Å². The third-order valence-electron chi connectivity index (χ3n) is 4.65. The smallest absolute Gasteiger partial charge is 0.257 e. The predicted molar refractivity (Wildman–Crippen MR) is 108 cm³/mol. The molecule has 0 fully saturated rings. The van der Waals surface area contributed by atoms with Crippen molar-refractivity contribution in [3.05, 3.63) is 81.9 Å². The second-order valence-corrected chi connectivity index (χ2v) is 6.62. The molecule has 9 heteroatoms. The van der Waals surface area contributed by atoms with Crippen molar-refractivity contribution < 1.29 is 18.8 Å². The number of rotatable bonds is 6. The topological polar surface area (TPSA) is 125 Å². The van der Waals surface area contributed by atoms with E-state index in [4.69, 9.17) is 5.73 Å². The highest BCUT2D eigenvalue weighted by atomic mass is 19.1. The summed E-state index contributed by atoms with van der Waals surface area (Å²) in [6.07, 6.45) is 1.27. The van der Waals surface area contributed by atoms with Crippen LogP contribution in [0.25, 0.3) is 10.9 Å². The van der Waals surface area contributed by atoms with Crippen molar-refractivity contribution in [1.82, 2.24) is 15.2 Å². The molecule has 8 nitrogen and oxygen atoms in total. The van der Waals surface area contributed by atoms with Crippen molar-refractivity contribution in [1.29, 1.82) is 0 Å². The Hall–Kier alpha value is -4.01. The van der Waals surface area contributed by atoms with Gasteiger partial charge in [0.15, 0.2) is 0 Å². The monoisotopic (exact) mass is 410 g/mol. The zero-order chi connectivity index (χ0) is 21.8. The number of primary amides is 1. The molecular formula is C21H19FN4O4. The first-order valence-corrected chi connectivity index (χ1v) is 8.98. The van der Waals surface area contributed by atoms with Crippen LogP contribution in [0.5, 0.6) is 0 Å². The molecule has 0 saturated heterocycles. The van der Waals surface area contributed by atoms with Crippen LogP contribution in [0.3, 0.4) is 0 Å². The molecule has 1 heterocycles. The van der Waals surface area contributed by atoms with Crippen molar-refractivity contribution in [3.8, 4) is 0 Å². The number of pyridine rings is 1. The number of nitrogens with zero attached hydrogens (tertiary/aromatic N) is 1. The number of likely N-dealkylation sites (N-methyl/N-ethyl adjacent to an activating group) is 1. The van der Waals surface area contributed by atoms with E-state index in [9.17, 15) is 23.6 Å². The molecule has 0 aliphatic carbocycles. The third-order valence-corrected chi connectivity index (χ3v) is 4.65. The third kappa shape index (κ3) is 4.19. The maximum absolute atomic E-state index is 13.5. The van der Waals surface area contributed by atoms with Crippen molar-refractivity contribution >= 4 is 28.6 Å². The minimum Gasteiger partial charge on any atom is -0.368 e. The summed E-state index contributed by atoms with van der Waals surface area (Å²) in [4.78, 5) is 53.1. The van der Waals surface area contributed by atoms with Crippen molar-refractivity contribution in [2.24, 2.45) is 5.73 Å². The number of carbonyl (C=O) groups is 3. The number of para-hydroxylation sites is 1. The molecule has 1 atom stereocenters. The highest BCUT2D eigenvalue weighted by Crippen LogP contribution is 2.20. The first-order valence-electron chi connectivity index (χ1n) is 8.98. The summed E-state index contributed by atoms with van der Waals surface area (Å²) in [6, 6.07) is 10.7. The van der Waals surface area contributed by atoms with Crippen LogP contribution in [0.4, 0.5) is 4.39 Å². The number of hydrogen-bond acceptors (Lipinski definition) is 4. The van der Waals surface area contributed by atoms with E-state index in [1.165, 1.54) is 31.4 Å². The van der Waals surface area contributed by atoms with Crippen LogP contribution in [0.2, 0.25) is 0 Å². The summed E-state index contributed by atoms with van der Waals surface area (Å²) in [6.45, 7) is -0.485. The lowest BCUT2D eigenvalue weighted by Crippen LogP contribution is -2.44. The van der Waals surface area contributed by atoms with Gasteiger partial charge in [0.25, 0.3) is 5.91 Å². The van der Waals surface area contributed by atoms with Crippen molar-refractivity contribution in [2.45, 2.75) is 6.04 Å². The molecule has 1 aromatic heterocycles. The predicted octanol–water partition coefficient (Wildman–Crippen LogP) is 1.08. The molecule has 2 aromatic carbocycles. The number of fused-ring (bicyclic) bond motifs is 1. The Kier molecular flexibility index (Phi) is 5.91. The summed E-state index contributed by atoms with van der Waals surface area (Å²) in [5, 5.41) is 2.71. The van der Waals surface area contributed by atoms with E-state index < -0.39 is 41.6 Å². The molecule has 3 rings (SSSR count). The lowest BCUT2D eigenvalue weighted by molar-refractivity contribution is -0.137. The summed E-state index contributed by atoms with van der Waals surface area (Å²) in [5.41, 5.74) is 5.54. The minimum absolute atomic E-state index is 0.152. The standard InChI is InChI=1S/C21H19FN4O4/c1-26(18(20(23)29)12-5-4-6-13(22)9-12)17(27)11-25-21(30)15-10-24-16-8-3-2-7-14(16)19(15)28/h2-10,18H,11H2,1H3,(H2,23,29)(H,24,28)(H,25,30). The second kappa shape index (κ2) is 8.56. The molecule has 4 N–H and O–H groups in total. The Morgan fingerprint density at radius 3 is 2.60 bits per heavy atom. The molecule has 0 saturated carbocycles. The lowest BCUT2D eigenvalue weighted by atomic mass is 10.0.